The zero-order chi connectivity index (χ0) is 26.5. The van der Waals surface area contributed by atoms with Gasteiger partial charge < -0.3 is 15.3 Å². The van der Waals surface area contributed by atoms with Crippen LogP contribution in [0.25, 0.3) is 22.6 Å². The van der Waals surface area contributed by atoms with Crippen molar-refractivity contribution in [2.75, 3.05) is 12.3 Å². The maximum Gasteiger partial charge on any atom is 0.226 e. The number of aliphatic hydroxyl groups is 1. The smallest absolute Gasteiger partial charge is 0.226 e. The van der Waals surface area contributed by atoms with Crippen LogP contribution in [0.1, 0.15) is 28.8 Å². The summed E-state index contributed by atoms with van der Waals surface area (Å²) in [6.07, 6.45) is 2.17. The van der Waals surface area contributed by atoms with Crippen LogP contribution in [0.3, 0.4) is 0 Å². The number of aryl methyl sites for hydroxylation is 1. The number of anilines is 1. The second-order valence-corrected chi connectivity index (χ2v) is 9.22. The molecule has 0 aliphatic heterocycles. The van der Waals surface area contributed by atoms with E-state index in [2.05, 4.69) is 16.0 Å². The number of nitrogen functional groups attached to an aromatic ring is 1. The molecular weight excluding hydrogens is 520 g/mol. The molecule has 0 unspecified atom stereocenters. The Hall–Kier alpha value is -3.96. The first-order valence-electron chi connectivity index (χ1n) is 10.9. The van der Waals surface area contributed by atoms with Gasteiger partial charge in [-0.2, -0.15) is 10.5 Å². The largest absolute Gasteiger partial charge is 0.444 e. The van der Waals surface area contributed by atoms with Gasteiger partial charge in [0.2, 0.25) is 5.89 Å². The molecule has 11 heteroatoms. The van der Waals surface area contributed by atoms with E-state index >= 15 is 0 Å². The number of aliphatic hydroxyl groups excluding tert-OH is 1. The van der Waals surface area contributed by atoms with Crippen LogP contribution >= 0.6 is 23.4 Å². The molecule has 7 nitrogen and oxygen atoms in total. The summed E-state index contributed by atoms with van der Waals surface area (Å²) in [6, 6.07) is 12.6. The normalized spacial score (nSPS) is 10.8. The number of halogens is 3. The van der Waals surface area contributed by atoms with Crippen molar-refractivity contribution >= 4 is 29.2 Å². The highest BCUT2D eigenvalue weighted by molar-refractivity contribution is 7.98. The molecule has 0 fully saturated rings. The molecule has 0 atom stereocenters. The molecule has 0 radical (unpaired) electrons. The summed E-state index contributed by atoms with van der Waals surface area (Å²) in [6.45, 7) is -0.0650. The molecule has 4 aromatic rings. The van der Waals surface area contributed by atoms with Crippen molar-refractivity contribution in [3.05, 3.63) is 81.7 Å². The maximum absolute atomic E-state index is 14.7. The standard InChI is InChI=1S/C26H18ClF2N5O2S/c27-20-8-16(5-6-21(20)28)25-33-17(12-36-25)13-37-26-19(11-31)23(18(10-30)24(32)34-26)15-4-3-14(2-1-7-35)22(29)9-15/h3-6,8-9,12,35H,1-2,7,13H2,(H2,32,34). The zero-order valence-corrected chi connectivity index (χ0v) is 20.7. The quantitative estimate of drug-likeness (QED) is 0.266. The van der Waals surface area contributed by atoms with E-state index in [0.29, 0.717) is 35.2 Å². The molecule has 2 aromatic carbocycles. The minimum atomic E-state index is -0.559. The highest BCUT2D eigenvalue weighted by Crippen LogP contribution is 2.37. The summed E-state index contributed by atoms with van der Waals surface area (Å²) in [7, 11) is 0. The number of hydrogen-bond donors (Lipinski definition) is 2. The number of hydrogen-bond acceptors (Lipinski definition) is 8. The lowest BCUT2D eigenvalue weighted by Gasteiger charge is -2.13. The first-order valence-corrected chi connectivity index (χ1v) is 12.3. The van der Waals surface area contributed by atoms with Crippen molar-refractivity contribution in [2.45, 2.75) is 23.6 Å². The Morgan fingerprint density at radius 1 is 1.03 bits per heavy atom. The monoisotopic (exact) mass is 537 g/mol. The van der Waals surface area contributed by atoms with Crippen LogP contribution < -0.4 is 5.73 Å². The van der Waals surface area contributed by atoms with E-state index in [0.717, 1.165) is 11.8 Å². The van der Waals surface area contributed by atoms with Crippen LogP contribution in [0.5, 0.6) is 0 Å². The first kappa shape index (κ1) is 26.1. The molecule has 0 saturated heterocycles. The fraction of sp³-hybridized carbons (Fsp3) is 0.154. The van der Waals surface area contributed by atoms with Gasteiger partial charge >= 0.3 is 0 Å². The third-order valence-corrected chi connectivity index (χ3v) is 6.74. The number of oxazole rings is 1. The van der Waals surface area contributed by atoms with E-state index in [4.69, 9.17) is 26.9 Å². The molecule has 2 heterocycles. The van der Waals surface area contributed by atoms with E-state index < -0.39 is 11.6 Å². The van der Waals surface area contributed by atoms with Gasteiger partial charge in [-0.3, -0.25) is 0 Å². The third kappa shape index (κ3) is 5.57. The fourth-order valence-electron chi connectivity index (χ4n) is 3.64. The van der Waals surface area contributed by atoms with Gasteiger partial charge in [0.15, 0.2) is 0 Å². The number of nitriles is 2. The summed E-state index contributed by atoms with van der Waals surface area (Å²) in [4.78, 5) is 8.61. The molecule has 37 heavy (non-hydrogen) atoms. The Morgan fingerprint density at radius 3 is 2.46 bits per heavy atom. The van der Waals surface area contributed by atoms with Crippen LogP contribution in [0.4, 0.5) is 14.6 Å². The van der Waals surface area contributed by atoms with Gasteiger partial charge in [-0.25, -0.2) is 18.7 Å². The second-order valence-electron chi connectivity index (χ2n) is 7.85. The number of nitrogens with two attached hydrogens (primary N) is 1. The average molecular weight is 538 g/mol. The lowest BCUT2D eigenvalue weighted by Crippen LogP contribution is -2.04. The van der Waals surface area contributed by atoms with E-state index in [1.807, 2.05) is 6.07 Å². The Kier molecular flexibility index (Phi) is 8.04. The molecule has 4 rings (SSSR count). The van der Waals surface area contributed by atoms with Crippen LogP contribution in [-0.4, -0.2) is 21.7 Å². The molecule has 0 bridgehead atoms. The van der Waals surface area contributed by atoms with Crippen molar-refractivity contribution in [3.63, 3.8) is 0 Å². The zero-order valence-electron chi connectivity index (χ0n) is 19.1. The summed E-state index contributed by atoms with van der Waals surface area (Å²) < 4.78 is 33.7. The third-order valence-electron chi connectivity index (χ3n) is 5.44. The first-order chi connectivity index (χ1) is 17.9. The predicted octanol–water partition coefficient (Wildman–Crippen LogP) is 5.88. The average Bonchev–Trinajstić information content (AvgIpc) is 3.37. The predicted molar refractivity (Wildman–Crippen MR) is 135 cm³/mol. The summed E-state index contributed by atoms with van der Waals surface area (Å²) in [5.74, 6) is -0.691. The molecule has 3 N–H and O–H groups in total. The van der Waals surface area contributed by atoms with E-state index in [-0.39, 0.29) is 50.8 Å². The summed E-state index contributed by atoms with van der Waals surface area (Å²) in [5, 5.41) is 28.9. The van der Waals surface area contributed by atoms with Gasteiger partial charge in [-0.05, 0) is 48.2 Å². The van der Waals surface area contributed by atoms with Gasteiger partial charge in [-0.15, -0.1) is 0 Å². The molecule has 0 aliphatic carbocycles. The second kappa shape index (κ2) is 11.4. The van der Waals surface area contributed by atoms with Gasteiger partial charge in [0.05, 0.1) is 16.3 Å². The number of aromatic nitrogens is 2. The van der Waals surface area contributed by atoms with E-state index in [9.17, 15) is 19.3 Å². The van der Waals surface area contributed by atoms with Crippen molar-refractivity contribution < 1.29 is 18.3 Å². The van der Waals surface area contributed by atoms with Crippen LogP contribution in [0.15, 0.2) is 52.1 Å². The van der Waals surface area contributed by atoms with Crippen LogP contribution in [0, 0.1) is 34.3 Å². The van der Waals surface area contributed by atoms with E-state index in [1.165, 1.54) is 30.5 Å². The van der Waals surface area contributed by atoms with E-state index in [1.54, 1.807) is 12.1 Å². The lowest BCUT2D eigenvalue weighted by atomic mass is 9.95. The molecular formula is C26H18ClF2N5O2S. The highest BCUT2D eigenvalue weighted by Gasteiger charge is 2.22. The number of pyridine rings is 1. The molecule has 0 spiro atoms. The topological polar surface area (TPSA) is 133 Å². The minimum Gasteiger partial charge on any atom is -0.444 e. The van der Waals surface area contributed by atoms with Crippen molar-refractivity contribution in [3.8, 4) is 34.7 Å². The van der Waals surface area contributed by atoms with Crippen molar-refractivity contribution in [1.29, 1.82) is 10.5 Å². The minimum absolute atomic E-state index is 0.0275. The Balaban J connectivity index is 1.66. The molecule has 186 valence electrons. The maximum atomic E-state index is 14.7. The SMILES string of the molecule is N#Cc1c(N)nc(SCc2coc(-c3ccc(F)c(Cl)c3)n2)c(C#N)c1-c1ccc(CCCO)c(F)c1. The Labute approximate surface area is 220 Å². The van der Waals surface area contributed by atoms with Crippen molar-refractivity contribution in [2.24, 2.45) is 0 Å². The summed E-state index contributed by atoms with van der Waals surface area (Å²) >= 11 is 6.98. The lowest BCUT2D eigenvalue weighted by molar-refractivity contribution is 0.288. The van der Waals surface area contributed by atoms with Crippen LogP contribution in [-0.2, 0) is 12.2 Å². The van der Waals surface area contributed by atoms with Crippen LogP contribution in [0.2, 0.25) is 5.02 Å². The Bertz CT molecular complexity index is 1560. The molecule has 0 aliphatic rings. The number of benzene rings is 2. The number of thioether (sulfide) groups is 1. The van der Waals surface area contributed by atoms with Gasteiger partial charge in [0.1, 0.15) is 46.4 Å². The fourth-order valence-corrected chi connectivity index (χ4v) is 4.70. The number of rotatable bonds is 8. The summed E-state index contributed by atoms with van der Waals surface area (Å²) in [5.41, 5.74) is 8.01. The highest BCUT2D eigenvalue weighted by atomic mass is 35.5. The molecule has 0 saturated carbocycles. The van der Waals surface area contributed by atoms with Gasteiger partial charge in [0, 0.05) is 23.5 Å². The Morgan fingerprint density at radius 2 is 1.78 bits per heavy atom. The number of nitrogens with zero attached hydrogens (tertiary/aromatic N) is 4. The van der Waals surface area contributed by atoms with Crippen molar-refractivity contribution in [1.82, 2.24) is 9.97 Å². The van der Waals surface area contributed by atoms with Gasteiger partial charge in [0.25, 0.3) is 0 Å². The molecule has 2 aromatic heterocycles. The molecule has 0 amide bonds. The van der Waals surface area contributed by atoms with Gasteiger partial charge in [-0.1, -0.05) is 35.5 Å².